The van der Waals surface area contributed by atoms with E-state index in [-0.39, 0.29) is 17.9 Å². The third-order valence-electron chi connectivity index (χ3n) is 5.77. The van der Waals surface area contributed by atoms with Crippen molar-refractivity contribution in [1.82, 2.24) is 10.1 Å². The van der Waals surface area contributed by atoms with Gasteiger partial charge in [0.1, 0.15) is 23.0 Å². The minimum absolute atomic E-state index is 0.0335. The van der Waals surface area contributed by atoms with Gasteiger partial charge in [-0.3, -0.25) is 14.6 Å². The van der Waals surface area contributed by atoms with Crippen LogP contribution in [0.5, 0.6) is 17.2 Å². The number of hydrogen-bond acceptors (Lipinski definition) is 7. The summed E-state index contributed by atoms with van der Waals surface area (Å²) in [5.74, 6) is 1.54. The first-order valence-corrected chi connectivity index (χ1v) is 10.7. The first-order valence-electron chi connectivity index (χ1n) is 10.7. The molecule has 1 aliphatic heterocycles. The molecule has 9 nitrogen and oxygen atoms in total. The van der Waals surface area contributed by atoms with Gasteiger partial charge in [0.05, 0.1) is 30.3 Å². The highest BCUT2D eigenvalue weighted by Crippen LogP contribution is 2.36. The second kappa shape index (κ2) is 8.51. The fraction of sp³-hybridized carbons (Fsp3) is 0.200. The van der Waals surface area contributed by atoms with Crippen LogP contribution in [0.1, 0.15) is 27.4 Å². The zero-order chi connectivity index (χ0) is 23.8. The zero-order valence-corrected chi connectivity index (χ0v) is 18.7. The number of aryl methyl sites for hydroxylation is 1. The maximum atomic E-state index is 12.8. The van der Waals surface area contributed by atoms with Gasteiger partial charge < -0.3 is 24.6 Å². The van der Waals surface area contributed by atoms with Gasteiger partial charge >= 0.3 is 0 Å². The van der Waals surface area contributed by atoms with Crippen LogP contribution in [0.3, 0.4) is 0 Å². The molecule has 9 heteroatoms. The molecule has 1 aliphatic rings. The van der Waals surface area contributed by atoms with Crippen LogP contribution in [0, 0.1) is 6.92 Å². The summed E-state index contributed by atoms with van der Waals surface area (Å²) in [6.07, 6.45) is 2.53. The van der Waals surface area contributed by atoms with Gasteiger partial charge in [-0.15, -0.1) is 0 Å². The van der Waals surface area contributed by atoms with Gasteiger partial charge in [-0.05, 0) is 49.2 Å². The van der Waals surface area contributed by atoms with E-state index in [1.54, 1.807) is 42.3 Å². The van der Waals surface area contributed by atoms with Crippen molar-refractivity contribution in [3.8, 4) is 17.2 Å². The van der Waals surface area contributed by atoms with Crippen molar-refractivity contribution in [3.63, 3.8) is 0 Å². The highest BCUT2D eigenvalue weighted by atomic mass is 16.5. The van der Waals surface area contributed by atoms with E-state index in [9.17, 15) is 9.59 Å². The molecule has 3 heterocycles. The summed E-state index contributed by atoms with van der Waals surface area (Å²) in [7, 11) is 1.47. The van der Waals surface area contributed by atoms with E-state index >= 15 is 0 Å². The number of ether oxygens (including phenoxy) is 2. The summed E-state index contributed by atoms with van der Waals surface area (Å²) in [6, 6.07) is 12.4. The largest absolute Gasteiger partial charge is 0.496 e. The molecule has 2 N–H and O–H groups in total. The lowest BCUT2D eigenvalue weighted by molar-refractivity contribution is -0.118. The van der Waals surface area contributed by atoms with Crippen molar-refractivity contribution in [2.75, 3.05) is 18.6 Å². The van der Waals surface area contributed by atoms with Crippen LogP contribution in [0.15, 0.2) is 53.2 Å². The van der Waals surface area contributed by atoms with Crippen molar-refractivity contribution in [3.05, 3.63) is 71.2 Å². The molecular formula is C25H22N4O5. The summed E-state index contributed by atoms with van der Waals surface area (Å²) in [5, 5.41) is 4.55. The van der Waals surface area contributed by atoms with Crippen LogP contribution in [0.25, 0.3) is 10.9 Å². The van der Waals surface area contributed by atoms with Crippen molar-refractivity contribution < 1.29 is 23.6 Å². The third-order valence-corrected chi connectivity index (χ3v) is 5.77. The molecule has 0 saturated heterocycles. The van der Waals surface area contributed by atoms with E-state index in [4.69, 9.17) is 19.7 Å². The van der Waals surface area contributed by atoms with Gasteiger partial charge in [0.2, 0.25) is 5.91 Å². The average Bonchev–Trinajstić information content (AvgIpc) is 3.43. The first kappa shape index (κ1) is 21.4. The Kier molecular flexibility index (Phi) is 5.37. The van der Waals surface area contributed by atoms with E-state index < -0.39 is 5.91 Å². The molecule has 172 valence electrons. The monoisotopic (exact) mass is 458 g/mol. The molecule has 0 atom stereocenters. The Labute approximate surface area is 195 Å². The number of benzene rings is 2. The van der Waals surface area contributed by atoms with Crippen LogP contribution in [-0.4, -0.2) is 35.6 Å². The van der Waals surface area contributed by atoms with Crippen LogP contribution in [-0.2, 0) is 17.6 Å². The van der Waals surface area contributed by atoms with Crippen molar-refractivity contribution >= 4 is 28.4 Å². The lowest BCUT2D eigenvalue weighted by Gasteiger charge is -2.17. The second-order valence-corrected chi connectivity index (χ2v) is 8.04. The number of nitrogens with zero attached hydrogens (tertiary/aromatic N) is 3. The first-order chi connectivity index (χ1) is 16.4. The van der Waals surface area contributed by atoms with E-state index in [1.807, 2.05) is 18.2 Å². The van der Waals surface area contributed by atoms with Crippen LogP contribution < -0.4 is 20.1 Å². The summed E-state index contributed by atoms with van der Waals surface area (Å²) in [4.78, 5) is 30.8. The molecule has 0 unspecified atom stereocenters. The van der Waals surface area contributed by atoms with E-state index in [2.05, 4.69) is 10.1 Å². The summed E-state index contributed by atoms with van der Waals surface area (Å²) >= 11 is 0. The SMILES string of the molecule is COc1cc2nccc(Oc3ccc4c(c3)CCN4C(=O)Cc3cc(C)on3)c2cc1C(N)=O. The van der Waals surface area contributed by atoms with Gasteiger partial charge in [0.15, 0.2) is 0 Å². The van der Waals surface area contributed by atoms with Crippen molar-refractivity contribution in [2.24, 2.45) is 5.73 Å². The number of methoxy groups -OCH3 is 1. The van der Waals surface area contributed by atoms with Crippen molar-refractivity contribution in [1.29, 1.82) is 0 Å². The standard InChI is InChI=1S/C25H22N4O5/c1-14-9-16(28-34-14)11-24(30)29-8-6-15-10-17(3-4-21(15)29)33-22-5-7-27-20-13-23(32-2)19(25(26)31)12-18(20)22/h3-5,7,9-10,12-13H,6,8,11H2,1-2H3,(H2,26,31). The summed E-state index contributed by atoms with van der Waals surface area (Å²) < 4.78 is 16.5. The third kappa shape index (κ3) is 3.92. The zero-order valence-electron chi connectivity index (χ0n) is 18.7. The lowest BCUT2D eigenvalue weighted by Crippen LogP contribution is -2.30. The topological polar surface area (TPSA) is 121 Å². The molecule has 0 bridgehead atoms. The van der Waals surface area contributed by atoms with Crippen LogP contribution in [0.4, 0.5) is 5.69 Å². The van der Waals surface area contributed by atoms with Gasteiger partial charge in [-0.1, -0.05) is 5.16 Å². The number of primary amides is 1. The van der Waals surface area contributed by atoms with E-state index in [0.29, 0.717) is 46.2 Å². The molecule has 2 amide bonds. The predicted octanol–water partition coefficient (Wildman–Crippen LogP) is 3.56. The number of carbonyl (C=O) groups excluding carboxylic acids is 2. The van der Waals surface area contributed by atoms with E-state index in [0.717, 1.165) is 17.7 Å². The molecule has 34 heavy (non-hydrogen) atoms. The highest BCUT2D eigenvalue weighted by molar-refractivity contribution is 6.01. The average molecular weight is 458 g/mol. The quantitative estimate of drug-likeness (QED) is 0.469. The van der Waals surface area contributed by atoms with Gasteiger partial charge in [-0.25, -0.2) is 0 Å². The Hall–Kier alpha value is -4.40. The Morgan fingerprint density at radius 1 is 1.15 bits per heavy atom. The molecule has 0 radical (unpaired) electrons. The summed E-state index contributed by atoms with van der Waals surface area (Å²) in [5.41, 5.74) is 8.86. The number of amides is 2. The van der Waals surface area contributed by atoms with Gasteiger partial charge in [0, 0.05) is 35.9 Å². The maximum Gasteiger partial charge on any atom is 0.252 e. The number of anilines is 1. The number of carbonyl (C=O) groups is 2. The van der Waals surface area contributed by atoms with Crippen LogP contribution in [0.2, 0.25) is 0 Å². The number of rotatable bonds is 6. The lowest BCUT2D eigenvalue weighted by atomic mass is 10.1. The Bertz CT molecular complexity index is 1430. The molecule has 4 aromatic rings. The Morgan fingerprint density at radius 3 is 2.74 bits per heavy atom. The smallest absolute Gasteiger partial charge is 0.252 e. The number of pyridine rings is 1. The number of aromatic nitrogens is 2. The minimum atomic E-state index is -0.600. The second-order valence-electron chi connectivity index (χ2n) is 8.04. The molecule has 0 saturated carbocycles. The maximum absolute atomic E-state index is 12.8. The fourth-order valence-corrected chi connectivity index (χ4v) is 4.18. The molecule has 0 aliphatic carbocycles. The molecule has 2 aromatic carbocycles. The number of nitrogens with two attached hydrogens (primary N) is 1. The van der Waals surface area contributed by atoms with Crippen LogP contribution >= 0.6 is 0 Å². The van der Waals surface area contributed by atoms with Crippen molar-refractivity contribution in [2.45, 2.75) is 19.8 Å². The normalized spacial score (nSPS) is 12.6. The molecule has 5 rings (SSSR count). The minimum Gasteiger partial charge on any atom is -0.496 e. The molecule has 0 fully saturated rings. The Balaban J connectivity index is 1.41. The Morgan fingerprint density at radius 2 is 2.00 bits per heavy atom. The highest BCUT2D eigenvalue weighted by Gasteiger charge is 2.26. The van der Waals surface area contributed by atoms with Gasteiger partial charge in [0.25, 0.3) is 5.91 Å². The van der Waals surface area contributed by atoms with E-state index in [1.165, 1.54) is 7.11 Å². The molecule has 0 spiro atoms. The fourth-order valence-electron chi connectivity index (χ4n) is 4.18. The number of fused-ring (bicyclic) bond motifs is 2. The molecular weight excluding hydrogens is 436 g/mol. The summed E-state index contributed by atoms with van der Waals surface area (Å²) in [6.45, 7) is 2.39. The molecule has 2 aromatic heterocycles. The number of hydrogen-bond donors (Lipinski definition) is 1. The van der Waals surface area contributed by atoms with Gasteiger partial charge in [-0.2, -0.15) is 0 Å². The predicted molar refractivity (Wildman–Crippen MR) is 124 cm³/mol.